The van der Waals surface area contributed by atoms with Crippen molar-refractivity contribution in [2.24, 2.45) is 0 Å². The first kappa shape index (κ1) is 17.1. The molecule has 0 aromatic heterocycles. The van der Waals surface area contributed by atoms with Crippen LogP contribution in [0.2, 0.25) is 10.0 Å². The monoisotopic (exact) mass is 450 g/mol. The third-order valence-corrected chi connectivity index (χ3v) is 7.24. The van der Waals surface area contributed by atoms with Gasteiger partial charge in [0.2, 0.25) is 0 Å². The lowest BCUT2D eigenvalue weighted by atomic mass is 9.88. The van der Waals surface area contributed by atoms with Crippen LogP contribution in [0.3, 0.4) is 0 Å². The Morgan fingerprint density at radius 3 is 1.38 bits per heavy atom. The summed E-state index contributed by atoms with van der Waals surface area (Å²) in [4.78, 5) is 0. The highest BCUT2D eigenvalue weighted by Gasteiger charge is 2.29. The first-order chi connectivity index (χ1) is 15.7. The van der Waals surface area contributed by atoms with Gasteiger partial charge >= 0.3 is 0 Å². The van der Waals surface area contributed by atoms with Crippen molar-refractivity contribution in [1.82, 2.24) is 0 Å². The molecule has 0 radical (unpaired) electrons. The third kappa shape index (κ3) is 1.94. The lowest BCUT2D eigenvalue weighted by Crippen LogP contribution is -1.97. The predicted octanol–water partition coefficient (Wildman–Crippen LogP) is 9.64. The fraction of sp³-hybridized carbons (Fsp3) is 0. The van der Waals surface area contributed by atoms with Crippen LogP contribution in [0.5, 0.6) is 0 Å². The Balaban J connectivity index is 1.79. The van der Waals surface area contributed by atoms with E-state index >= 15 is 0 Å². The summed E-state index contributed by atoms with van der Waals surface area (Å²) < 4.78 is 13.2. The molecule has 0 saturated heterocycles. The van der Waals surface area contributed by atoms with Crippen LogP contribution in [-0.4, -0.2) is 0 Å². The van der Waals surface area contributed by atoms with Crippen molar-refractivity contribution < 1.29 is 8.83 Å². The highest BCUT2D eigenvalue weighted by Crippen LogP contribution is 2.53. The Morgan fingerprint density at radius 1 is 0.469 bits per heavy atom. The van der Waals surface area contributed by atoms with Gasteiger partial charge in [0.15, 0.2) is 11.2 Å². The molecular weight excluding hydrogens is 439 g/mol. The molecule has 0 fully saturated rings. The van der Waals surface area contributed by atoms with Crippen molar-refractivity contribution in [3.63, 3.8) is 0 Å². The summed E-state index contributed by atoms with van der Waals surface area (Å²) in [6.07, 6.45) is 0. The number of rotatable bonds is 0. The van der Waals surface area contributed by atoms with Gasteiger partial charge in [-0.25, -0.2) is 0 Å². The fourth-order valence-corrected chi connectivity index (χ4v) is 5.88. The van der Waals surface area contributed by atoms with Crippen LogP contribution < -0.4 is 0 Å². The Labute approximate surface area is 191 Å². The second kappa shape index (κ2) is 5.66. The number of hydrogen-bond acceptors (Lipinski definition) is 2. The second-order valence-electron chi connectivity index (χ2n) is 8.38. The van der Waals surface area contributed by atoms with Crippen molar-refractivity contribution in [3.05, 3.63) is 82.8 Å². The van der Waals surface area contributed by atoms with Gasteiger partial charge in [0.05, 0.1) is 10.0 Å². The summed E-state index contributed by atoms with van der Waals surface area (Å²) in [7, 11) is 0. The minimum atomic E-state index is 0.577. The Kier molecular flexibility index (Phi) is 3.03. The van der Waals surface area contributed by atoms with E-state index in [9.17, 15) is 0 Å². The molecule has 2 heterocycles. The first-order valence-electron chi connectivity index (χ1n) is 10.4. The molecule has 32 heavy (non-hydrogen) atoms. The van der Waals surface area contributed by atoms with Crippen molar-refractivity contribution in [2.45, 2.75) is 0 Å². The van der Waals surface area contributed by atoms with Crippen LogP contribution in [0.4, 0.5) is 0 Å². The zero-order valence-corrected chi connectivity index (χ0v) is 18.0. The van der Waals surface area contributed by atoms with Gasteiger partial charge in [-0.3, -0.25) is 0 Å². The van der Waals surface area contributed by atoms with E-state index in [2.05, 4.69) is 36.4 Å². The molecular formula is C28H12Cl2O2. The van der Waals surface area contributed by atoms with Crippen molar-refractivity contribution >= 4 is 88.6 Å². The topological polar surface area (TPSA) is 26.3 Å². The molecule has 0 saturated carbocycles. The molecule has 2 aliphatic heterocycles. The number of hydrogen-bond donors (Lipinski definition) is 0. The van der Waals surface area contributed by atoms with Crippen molar-refractivity contribution in [3.8, 4) is 11.1 Å². The smallest absolute Gasteiger partial charge is 0.154 e. The molecule has 2 nitrogen and oxygen atoms in total. The SMILES string of the molecule is Clc1cc2cc3ccccc3c3oc4c(Cl)cc5cc6ccccc6c6oc1c(c23)-c4c56. The minimum absolute atomic E-state index is 0.577. The van der Waals surface area contributed by atoms with Gasteiger partial charge in [-0.15, -0.1) is 0 Å². The summed E-state index contributed by atoms with van der Waals surface area (Å²) in [5.74, 6) is 0. The van der Waals surface area contributed by atoms with Crippen molar-refractivity contribution in [1.29, 1.82) is 0 Å². The minimum Gasteiger partial charge on any atom is -0.454 e. The predicted molar refractivity (Wildman–Crippen MR) is 134 cm³/mol. The van der Waals surface area contributed by atoms with E-state index in [4.69, 9.17) is 32.0 Å². The maximum atomic E-state index is 6.84. The zero-order valence-electron chi connectivity index (χ0n) is 16.5. The molecule has 0 N–H and O–H groups in total. The molecule has 2 aliphatic rings. The lowest BCUT2D eigenvalue weighted by Gasteiger charge is -2.22. The van der Waals surface area contributed by atoms with E-state index in [0.717, 1.165) is 65.4 Å². The maximum absolute atomic E-state index is 6.84. The van der Waals surface area contributed by atoms with Crippen LogP contribution in [0.15, 0.2) is 81.6 Å². The summed E-state index contributed by atoms with van der Waals surface area (Å²) in [6.45, 7) is 0. The number of benzene rings is 6. The van der Waals surface area contributed by atoms with Gasteiger partial charge in [-0.05, 0) is 45.8 Å². The van der Waals surface area contributed by atoms with Gasteiger partial charge in [0, 0.05) is 32.7 Å². The molecule has 6 aromatic rings. The summed E-state index contributed by atoms with van der Waals surface area (Å²) in [6, 6.07) is 24.7. The molecule has 8 rings (SSSR count). The molecule has 0 unspecified atom stereocenters. The Bertz CT molecular complexity index is 1860. The largest absolute Gasteiger partial charge is 0.454 e. The molecule has 0 amide bonds. The van der Waals surface area contributed by atoms with E-state index in [-0.39, 0.29) is 0 Å². The standard InChI is InChI=1S/C28H12Cl2O2/c29-19-11-15-9-13-5-1-3-7-17(13)25-21(15)23-24-22-16(12-20(30)27(24)31-25)10-14-6-2-4-8-18(14)26(22)32-28(19)23/h1-12H. The van der Waals surface area contributed by atoms with Crippen LogP contribution >= 0.6 is 23.2 Å². The van der Waals surface area contributed by atoms with Crippen molar-refractivity contribution in [2.75, 3.05) is 0 Å². The summed E-state index contributed by atoms with van der Waals surface area (Å²) in [5.41, 5.74) is 4.84. The summed E-state index contributed by atoms with van der Waals surface area (Å²) in [5, 5.41) is 9.48. The first-order valence-corrected chi connectivity index (χ1v) is 11.2. The molecule has 150 valence electrons. The molecule has 4 heteroatoms. The van der Waals surface area contributed by atoms with Crippen LogP contribution in [0.1, 0.15) is 0 Å². The second-order valence-corrected chi connectivity index (χ2v) is 9.19. The average molecular weight is 451 g/mol. The van der Waals surface area contributed by atoms with E-state index in [1.165, 1.54) is 0 Å². The molecule has 0 bridgehead atoms. The Hall–Kier alpha value is -3.46. The summed E-state index contributed by atoms with van der Waals surface area (Å²) >= 11 is 13.7. The quantitative estimate of drug-likeness (QED) is 0.169. The zero-order chi connectivity index (χ0) is 21.1. The maximum Gasteiger partial charge on any atom is 0.154 e. The molecule has 0 spiro atoms. The van der Waals surface area contributed by atoms with E-state index in [1.807, 2.05) is 36.4 Å². The molecule has 0 atom stereocenters. The average Bonchev–Trinajstić information content (AvgIpc) is 2.81. The Morgan fingerprint density at radius 2 is 0.906 bits per heavy atom. The van der Waals surface area contributed by atoms with Gasteiger partial charge in [0.25, 0.3) is 0 Å². The van der Waals surface area contributed by atoms with Gasteiger partial charge in [-0.1, -0.05) is 71.7 Å². The van der Waals surface area contributed by atoms with Crippen LogP contribution in [0.25, 0.3) is 76.5 Å². The van der Waals surface area contributed by atoms with Crippen LogP contribution in [0, 0.1) is 0 Å². The highest BCUT2D eigenvalue weighted by molar-refractivity contribution is 6.42. The molecule has 0 aliphatic carbocycles. The van der Waals surface area contributed by atoms with Gasteiger partial charge in [-0.2, -0.15) is 0 Å². The lowest BCUT2D eigenvalue weighted by molar-refractivity contribution is 0.650. The van der Waals surface area contributed by atoms with Crippen LogP contribution in [-0.2, 0) is 0 Å². The van der Waals surface area contributed by atoms with E-state index in [0.29, 0.717) is 21.2 Å². The normalized spacial score (nSPS) is 12.7. The van der Waals surface area contributed by atoms with Gasteiger partial charge < -0.3 is 8.83 Å². The van der Waals surface area contributed by atoms with E-state index in [1.54, 1.807) is 0 Å². The van der Waals surface area contributed by atoms with Gasteiger partial charge in [0.1, 0.15) is 11.2 Å². The third-order valence-electron chi connectivity index (χ3n) is 6.67. The number of halogens is 2. The van der Waals surface area contributed by atoms with E-state index < -0.39 is 0 Å². The highest BCUT2D eigenvalue weighted by atomic mass is 35.5. The fourth-order valence-electron chi connectivity index (χ4n) is 5.38. The molecule has 6 aromatic carbocycles. The number of fused-ring (bicyclic) bond motifs is 4.